The van der Waals surface area contributed by atoms with Crippen molar-refractivity contribution in [3.8, 4) is 17.3 Å². The first kappa shape index (κ1) is 35.1. The molecular weight excluding hydrogens is 701 g/mol. The molecule has 0 amide bonds. The zero-order valence-electron chi connectivity index (χ0n) is 28.4. The van der Waals surface area contributed by atoms with Crippen LogP contribution in [0.4, 0.5) is 17.6 Å². The maximum absolute atomic E-state index is 15.9. The molecule has 0 radical (unpaired) electrons. The number of nitrogens with zero attached hydrogens (tertiary/aromatic N) is 5. The Morgan fingerprint density at radius 2 is 1.88 bits per heavy atom. The van der Waals surface area contributed by atoms with E-state index in [1.54, 1.807) is 50.4 Å². The summed E-state index contributed by atoms with van der Waals surface area (Å²) in [6.07, 6.45) is 2.48. The van der Waals surface area contributed by atoms with Gasteiger partial charge in [-0.2, -0.15) is 5.10 Å². The zero-order chi connectivity index (χ0) is 36.9. The largest absolute Gasteiger partial charge is 0.481 e. The van der Waals surface area contributed by atoms with Crippen LogP contribution in [0.3, 0.4) is 0 Å². The molecule has 0 saturated heterocycles. The predicted molar refractivity (Wildman–Crippen MR) is 184 cm³/mol. The Kier molecular flexibility index (Phi) is 9.01. The predicted octanol–water partition coefficient (Wildman–Crippen LogP) is 7.03. The number of halogens is 4. The summed E-state index contributed by atoms with van der Waals surface area (Å²) in [7, 11) is -0.627. The van der Waals surface area contributed by atoms with Gasteiger partial charge in [0.05, 0.1) is 39.1 Å². The fourth-order valence-electron chi connectivity index (χ4n) is 6.57. The number of rotatable bonds is 4. The van der Waals surface area contributed by atoms with E-state index >= 15 is 17.6 Å². The van der Waals surface area contributed by atoms with E-state index in [-0.39, 0.29) is 52.3 Å². The van der Waals surface area contributed by atoms with Gasteiger partial charge in [-0.25, -0.2) is 31.4 Å². The quantitative estimate of drug-likeness (QED) is 0.186. The van der Waals surface area contributed by atoms with Crippen molar-refractivity contribution in [2.24, 2.45) is 13.0 Å². The molecule has 6 bridgehead atoms. The maximum atomic E-state index is 15.9. The first-order valence-corrected chi connectivity index (χ1v) is 17.7. The highest BCUT2D eigenvalue weighted by Gasteiger charge is 2.40. The Bertz CT molecular complexity index is 2350. The number of ether oxygens (including phenoxy) is 1. The van der Waals surface area contributed by atoms with Crippen LogP contribution in [0.2, 0.25) is 0 Å². The van der Waals surface area contributed by atoms with E-state index in [0.29, 0.717) is 27.6 Å². The lowest BCUT2D eigenvalue weighted by molar-refractivity contribution is -0.141. The molecule has 0 spiro atoms. The number of carbonyl (C=O) groups is 1. The Morgan fingerprint density at radius 1 is 1.08 bits per heavy atom. The molecule has 4 heterocycles. The highest BCUT2D eigenvalue weighted by Crippen LogP contribution is 2.40. The summed E-state index contributed by atoms with van der Waals surface area (Å²) >= 11 is 0. The van der Waals surface area contributed by atoms with Crippen LogP contribution in [0.25, 0.3) is 22.3 Å². The molecule has 2 N–H and O–H groups in total. The average Bonchev–Trinajstić information content (AvgIpc) is 3.86. The van der Waals surface area contributed by atoms with Crippen molar-refractivity contribution in [1.29, 1.82) is 0 Å². The minimum atomic E-state index is -3.34. The van der Waals surface area contributed by atoms with Crippen LogP contribution in [0, 0.1) is 17.6 Å². The number of aromatic amines is 1. The molecule has 3 aromatic heterocycles. The van der Waals surface area contributed by atoms with E-state index in [4.69, 9.17) is 9.72 Å². The lowest BCUT2D eigenvalue weighted by Crippen LogP contribution is -2.32. The minimum absolute atomic E-state index is 0.0341. The maximum Gasteiger partial charge on any atom is 0.306 e. The normalized spacial score (nSPS) is 19.6. The van der Waals surface area contributed by atoms with Crippen molar-refractivity contribution >= 4 is 27.7 Å². The number of carboxylic acid groups (broad SMARTS) is 1. The Balaban J connectivity index is 1.40. The number of aliphatic carboxylic acids is 1. The van der Waals surface area contributed by atoms with Gasteiger partial charge in [-0.05, 0) is 61.2 Å². The Morgan fingerprint density at radius 3 is 2.67 bits per heavy atom. The van der Waals surface area contributed by atoms with Gasteiger partial charge in [-0.1, -0.05) is 31.2 Å². The van der Waals surface area contributed by atoms with Crippen molar-refractivity contribution in [3.05, 3.63) is 107 Å². The standard InChI is InChI=1S/C37H34F4N6O4S/c1-21(34(48)49)15-22-5-4-6-23(16-22)36(2)11-12-37(40,41)20-51-31-10-14-47(44-31)19-27-25-9-13-42-30(25)18-29(39)32(27)52(50)24-7-8-28(38)26(17-24)33-43-35(36)45-46(33)3/h4-10,13-14,16-18,21,42H,11-12,15,19-20H2,1-3H3,(H,48,49)/t21-,36?,52?/m0/s1. The van der Waals surface area contributed by atoms with Gasteiger partial charge >= 0.3 is 5.97 Å². The van der Waals surface area contributed by atoms with Crippen LogP contribution < -0.4 is 4.74 Å². The zero-order valence-corrected chi connectivity index (χ0v) is 29.2. The van der Waals surface area contributed by atoms with E-state index in [1.165, 1.54) is 46.9 Å². The van der Waals surface area contributed by atoms with Crippen LogP contribution in [0.5, 0.6) is 5.88 Å². The number of benzene rings is 3. The van der Waals surface area contributed by atoms with Gasteiger partial charge in [0, 0.05) is 53.3 Å². The molecule has 3 aromatic carbocycles. The molecule has 7 rings (SSSR count). The summed E-state index contributed by atoms with van der Waals surface area (Å²) in [5, 5.41) is 19.0. The average molecular weight is 735 g/mol. The van der Waals surface area contributed by atoms with Crippen LogP contribution in [0.1, 0.15) is 49.2 Å². The van der Waals surface area contributed by atoms with E-state index in [1.807, 2.05) is 0 Å². The second-order valence-electron chi connectivity index (χ2n) is 13.4. The number of alkyl halides is 2. The number of aryl methyl sites for hydroxylation is 1. The van der Waals surface area contributed by atoms with Crippen molar-refractivity contribution in [2.45, 2.75) is 60.8 Å². The van der Waals surface area contributed by atoms with Gasteiger partial charge < -0.3 is 14.8 Å². The van der Waals surface area contributed by atoms with Crippen molar-refractivity contribution < 1.29 is 36.4 Å². The van der Waals surface area contributed by atoms with Gasteiger partial charge in [0.25, 0.3) is 5.92 Å². The highest BCUT2D eigenvalue weighted by atomic mass is 32.2. The molecule has 10 nitrogen and oxygen atoms in total. The number of hydrogen-bond donors (Lipinski definition) is 2. The lowest BCUT2D eigenvalue weighted by Gasteiger charge is -2.30. The number of nitrogens with one attached hydrogen (secondary N) is 1. The summed E-state index contributed by atoms with van der Waals surface area (Å²) in [5.41, 5.74) is 0.668. The van der Waals surface area contributed by atoms with E-state index in [9.17, 15) is 14.1 Å². The van der Waals surface area contributed by atoms with Crippen LogP contribution >= 0.6 is 0 Å². The summed E-state index contributed by atoms with van der Waals surface area (Å²) < 4.78 is 85.3. The fraction of sp³-hybridized carbons (Fsp3) is 0.297. The molecule has 1 aliphatic rings. The van der Waals surface area contributed by atoms with Crippen LogP contribution in [0.15, 0.2) is 82.8 Å². The lowest BCUT2D eigenvalue weighted by atomic mass is 9.76. The van der Waals surface area contributed by atoms with E-state index < -0.39 is 58.7 Å². The van der Waals surface area contributed by atoms with Gasteiger partial charge in [0.1, 0.15) is 11.6 Å². The number of hydrogen-bond acceptors (Lipinski definition) is 6. The molecule has 52 heavy (non-hydrogen) atoms. The molecule has 0 fully saturated rings. The molecule has 3 atom stereocenters. The van der Waals surface area contributed by atoms with Gasteiger partial charge in [0.15, 0.2) is 18.3 Å². The Hall–Kier alpha value is -5.31. The molecule has 1 aliphatic heterocycles. The summed E-state index contributed by atoms with van der Waals surface area (Å²) in [6.45, 7) is 2.22. The molecule has 0 saturated carbocycles. The number of H-pyrrole nitrogens is 1. The third-order valence-electron chi connectivity index (χ3n) is 9.59. The molecule has 15 heteroatoms. The summed E-state index contributed by atoms with van der Waals surface area (Å²) in [5.74, 6) is -6.43. The first-order chi connectivity index (χ1) is 24.7. The molecule has 270 valence electrons. The minimum Gasteiger partial charge on any atom is -0.481 e. The number of carboxylic acids is 1. The number of aromatic nitrogens is 6. The molecular formula is C37H34F4N6O4S. The smallest absolute Gasteiger partial charge is 0.306 e. The Labute approximate surface area is 297 Å². The summed E-state index contributed by atoms with van der Waals surface area (Å²) in [6, 6.07) is 15.1. The van der Waals surface area contributed by atoms with E-state index in [0.717, 1.165) is 6.07 Å². The fourth-order valence-corrected chi connectivity index (χ4v) is 7.85. The highest BCUT2D eigenvalue weighted by molar-refractivity contribution is 7.85. The van der Waals surface area contributed by atoms with Gasteiger partial charge in [-0.3, -0.25) is 9.48 Å². The SMILES string of the molecule is C[C@@H](Cc1cccc(C2(C)CCC(F)(F)COc3ccn(n3)Cc3c(c(F)cc4[nH]ccc34)S(=O)c3ccc(F)c(c3)-c3nc2nn3C)c1)C(=O)O. The molecule has 6 aromatic rings. The van der Waals surface area contributed by atoms with Crippen LogP contribution in [-0.4, -0.2) is 57.3 Å². The molecule has 2 unspecified atom stereocenters. The monoisotopic (exact) mass is 734 g/mol. The van der Waals surface area contributed by atoms with Gasteiger partial charge in [-0.15, -0.1) is 5.10 Å². The number of fused-ring (bicyclic) bond motifs is 10. The van der Waals surface area contributed by atoms with E-state index in [2.05, 4.69) is 15.2 Å². The van der Waals surface area contributed by atoms with Crippen molar-refractivity contribution in [2.75, 3.05) is 6.61 Å². The van der Waals surface area contributed by atoms with Gasteiger partial charge in [0.2, 0.25) is 5.88 Å². The topological polar surface area (TPSA) is 128 Å². The van der Waals surface area contributed by atoms with Crippen LogP contribution in [-0.2, 0) is 41.0 Å². The summed E-state index contributed by atoms with van der Waals surface area (Å²) in [4.78, 5) is 19.2. The first-order valence-electron chi connectivity index (χ1n) is 16.5. The van der Waals surface area contributed by atoms with Crippen molar-refractivity contribution in [3.63, 3.8) is 0 Å². The third-order valence-corrected chi connectivity index (χ3v) is 11.1. The molecule has 0 aliphatic carbocycles. The van der Waals surface area contributed by atoms with Crippen molar-refractivity contribution in [1.82, 2.24) is 29.5 Å². The third kappa shape index (κ3) is 6.60. The second kappa shape index (κ2) is 13.3. The second-order valence-corrected chi connectivity index (χ2v) is 14.8.